The lowest BCUT2D eigenvalue weighted by Gasteiger charge is -2.05. The molecule has 4 nitrogen and oxygen atoms in total. The van der Waals surface area contributed by atoms with Gasteiger partial charge in [0, 0.05) is 23.8 Å². The molecule has 0 saturated carbocycles. The van der Waals surface area contributed by atoms with E-state index < -0.39 is 0 Å². The third-order valence-corrected chi connectivity index (χ3v) is 3.25. The lowest BCUT2D eigenvalue weighted by atomic mass is 10.2. The summed E-state index contributed by atoms with van der Waals surface area (Å²) in [6, 6.07) is 9.71. The van der Waals surface area contributed by atoms with Gasteiger partial charge in [-0.1, -0.05) is 23.7 Å². The summed E-state index contributed by atoms with van der Waals surface area (Å²) in [5.74, 6) is 0.741. The largest absolute Gasteiger partial charge is 0.365 e. The minimum absolute atomic E-state index is 0.552. The normalized spacial score (nSPS) is 10.3. The van der Waals surface area contributed by atoms with E-state index in [0.29, 0.717) is 11.7 Å². The Balaban J connectivity index is 2.12. The van der Waals surface area contributed by atoms with Gasteiger partial charge in [-0.15, -0.1) is 0 Å². The molecule has 1 heterocycles. The van der Waals surface area contributed by atoms with E-state index in [9.17, 15) is 0 Å². The first-order chi connectivity index (χ1) is 9.08. The molecule has 0 bridgehead atoms. The van der Waals surface area contributed by atoms with E-state index in [4.69, 9.17) is 23.8 Å². The molecule has 2 aromatic rings. The van der Waals surface area contributed by atoms with Crippen molar-refractivity contribution in [2.75, 3.05) is 12.4 Å². The minimum atomic E-state index is 0.552. The molecule has 1 aromatic heterocycles. The zero-order valence-corrected chi connectivity index (χ0v) is 12.3. The molecule has 0 radical (unpaired) electrons. The fourth-order valence-corrected chi connectivity index (χ4v) is 1.90. The summed E-state index contributed by atoms with van der Waals surface area (Å²) in [5.41, 5.74) is 2.22. The van der Waals surface area contributed by atoms with Crippen molar-refractivity contribution >= 4 is 34.7 Å². The van der Waals surface area contributed by atoms with Crippen molar-refractivity contribution in [3.63, 3.8) is 0 Å². The van der Waals surface area contributed by atoms with E-state index in [0.717, 1.165) is 22.1 Å². The Bertz CT molecular complexity index is 577. The molecule has 0 amide bonds. The number of hydrogen-bond donors (Lipinski definition) is 2. The number of halogens is 1. The zero-order valence-electron chi connectivity index (χ0n) is 10.8. The molecule has 0 fully saturated rings. The van der Waals surface area contributed by atoms with E-state index in [-0.39, 0.29) is 0 Å². The molecular weight excluding hydrogens is 280 g/mol. The van der Waals surface area contributed by atoms with Crippen LogP contribution >= 0.6 is 23.8 Å². The number of rotatable bonds is 3. The second-order valence-corrected chi connectivity index (χ2v) is 5.00. The number of nitrogens with zero attached hydrogens (tertiary/aromatic N) is 2. The Morgan fingerprint density at radius 1 is 1.37 bits per heavy atom. The van der Waals surface area contributed by atoms with Crippen molar-refractivity contribution in [1.82, 2.24) is 15.1 Å². The van der Waals surface area contributed by atoms with Crippen LogP contribution in [0.5, 0.6) is 0 Å². The smallest absolute Gasteiger partial charge is 0.171 e. The molecule has 0 spiro atoms. The van der Waals surface area contributed by atoms with Gasteiger partial charge in [-0.3, -0.25) is 4.68 Å². The average molecular weight is 295 g/mol. The van der Waals surface area contributed by atoms with Crippen LogP contribution in [0.4, 0.5) is 5.82 Å². The Morgan fingerprint density at radius 3 is 2.68 bits per heavy atom. The predicted molar refractivity (Wildman–Crippen MR) is 82.8 cm³/mol. The Hall–Kier alpha value is -1.59. The van der Waals surface area contributed by atoms with Crippen LogP contribution in [0.1, 0.15) is 11.3 Å². The second kappa shape index (κ2) is 6.04. The van der Waals surface area contributed by atoms with Crippen molar-refractivity contribution in [2.24, 2.45) is 0 Å². The fourth-order valence-electron chi connectivity index (χ4n) is 1.67. The van der Waals surface area contributed by atoms with E-state index in [1.54, 1.807) is 7.05 Å². The van der Waals surface area contributed by atoms with Crippen LogP contribution in [-0.2, 0) is 6.54 Å². The Kier molecular flexibility index (Phi) is 4.39. The van der Waals surface area contributed by atoms with Crippen LogP contribution in [0.2, 0.25) is 5.02 Å². The Labute approximate surface area is 122 Å². The van der Waals surface area contributed by atoms with Crippen molar-refractivity contribution in [2.45, 2.75) is 13.5 Å². The van der Waals surface area contributed by atoms with Crippen LogP contribution in [0.25, 0.3) is 0 Å². The molecule has 0 unspecified atom stereocenters. The zero-order chi connectivity index (χ0) is 13.8. The molecule has 6 heteroatoms. The Morgan fingerprint density at radius 2 is 2.05 bits per heavy atom. The van der Waals surface area contributed by atoms with Crippen LogP contribution < -0.4 is 10.6 Å². The van der Waals surface area contributed by atoms with Gasteiger partial charge in [-0.05, 0) is 36.8 Å². The molecule has 0 aliphatic carbocycles. The van der Waals surface area contributed by atoms with E-state index in [2.05, 4.69) is 15.7 Å². The van der Waals surface area contributed by atoms with Gasteiger partial charge in [0.1, 0.15) is 0 Å². The van der Waals surface area contributed by atoms with E-state index in [1.807, 2.05) is 41.9 Å². The molecule has 100 valence electrons. The van der Waals surface area contributed by atoms with Crippen LogP contribution in [-0.4, -0.2) is 21.9 Å². The van der Waals surface area contributed by atoms with Crippen LogP contribution in [0.3, 0.4) is 0 Å². The highest BCUT2D eigenvalue weighted by molar-refractivity contribution is 7.80. The highest BCUT2D eigenvalue weighted by atomic mass is 35.5. The van der Waals surface area contributed by atoms with Gasteiger partial charge in [0.05, 0.1) is 6.54 Å². The van der Waals surface area contributed by atoms with Crippen LogP contribution in [0, 0.1) is 6.92 Å². The third kappa shape index (κ3) is 3.68. The lowest BCUT2D eigenvalue weighted by Crippen LogP contribution is -2.24. The number of nitrogens with one attached hydrogen (secondary N) is 2. The van der Waals surface area contributed by atoms with Crippen molar-refractivity contribution in [3.8, 4) is 0 Å². The van der Waals surface area contributed by atoms with E-state index in [1.165, 1.54) is 0 Å². The fraction of sp³-hybridized carbons (Fsp3) is 0.231. The molecule has 19 heavy (non-hydrogen) atoms. The van der Waals surface area contributed by atoms with Crippen molar-refractivity contribution < 1.29 is 0 Å². The third-order valence-electron chi connectivity index (χ3n) is 2.70. The van der Waals surface area contributed by atoms with Crippen molar-refractivity contribution in [1.29, 1.82) is 0 Å². The number of hydrogen-bond acceptors (Lipinski definition) is 2. The summed E-state index contributed by atoms with van der Waals surface area (Å²) in [7, 11) is 1.77. The molecule has 2 N–H and O–H groups in total. The highest BCUT2D eigenvalue weighted by Crippen LogP contribution is 2.13. The van der Waals surface area contributed by atoms with E-state index >= 15 is 0 Å². The van der Waals surface area contributed by atoms with Gasteiger partial charge >= 0.3 is 0 Å². The summed E-state index contributed by atoms with van der Waals surface area (Å²) < 4.78 is 1.92. The number of aryl methyl sites for hydroxylation is 1. The lowest BCUT2D eigenvalue weighted by molar-refractivity contribution is 0.668. The molecule has 1 aromatic carbocycles. The van der Waals surface area contributed by atoms with Gasteiger partial charge in [0.15, 0.2) is 10.9 Å². The second-order valence-electron chi connectivity index (χ2n) is 4.16. The first-order valence-corrected chi connectivity index (χ1v) is 6.65. The summed E-state index contributed by atoms with van der Waals surface area (Å²) in [6.07, 6.45) is 0. The number of thiocarbonyl (C=S) groups is 1. The summed E-state index contributed by atoms with van der Waals surface area (Å²) in [6.45, 7) is 2.72. The van der Waals surface area contributed by atoms with Crippen molar-refractivity contribution in [3.05, 3.63) is 46.6 Å². The quantitative estimate of drug-likeness (QED) is 0.854. The SMILES string of the molecule is CNC(=S)Nc1cc(C)n(Cc2ccc(Cl)cc2)n1. The molecule has 2 rings (SSSR count). The maximum absolute atomic E-state index is 5.87. The van der Waals surface area contributed by atoms with Gasteiger partial charge in [-0.2, -0.15) is 5.10 Å². The van der Waals surface area contributed by atoms with Crippen LogP contribution in [0.15, 0.2) is 30.3 Å². The van der Waals surface area contributed by atoms with Gasteiger partial charge < -0.3 is 10.6 Å². The molecule has 0 aliphatic heterocycles. The summed E-state index contributed by atoms with van der Waals surface area (Å²) in [4.78, 5) is 0. The topological polar surface area (TPSA) is 41.9 Å². The maximum atomic E-state index is 5.87. The maximum Gasteiger partial charge on any atom is 0.171 e. The summed E-state index contributed by atoms with van der Waals surface area (Å²) >= 11 is 10.9. The number of aromatic nitrogens is 2. The monoisotopic (exact) mass is 294 g/mol. The number of benzene rings is 1. The standard InChI is InChI=1S/C13H15ClN4S/c1-9-7-12(16-13(19)15-2)17-18(9)8-10-3-5-11(14)6-4-10/h3-7H,8H2,1-2H3,(H2,15,16,17,19). The molecule has 0 saturated heterocycles. The highest BCUT2D eigenvalue weighted by Gasteiger charge is 2.05. The predicted octanol–water partition coefficient (Wildman–Crippen LogP) is 2.81. The van der Waals surface area contributed by atoms with Gasteiger partial charge in [-0.25, -0.2) is 0 Å². The number of anilines is 1. The van der Waals surface area contributed by atoms with Gasteiger partial charge in [0.25, 0.3) is 0 Å². The average Bonchev–Trinajstić information content (AvgIpc) is 2.72. The molecule has 0 atom stereocenters. The molecular formula is C13H15ClN4S. The van der Waals surface area contributed by atoms with Gasteiger partial charge in [0.2, 0.25) is 0 Å². The first-order valence-electron chi connectivity index (χ1n) is 5.86. The summed E-state index contributed by atoms with van der Waals surface area (Å²) in [5, 5.41) is 11.6. The molecule has 0 aliphatic rings. The first kappa shape index (κ1) is 13.8. The minimum Gasteiger partial charge on any atom is -0.365 e.